The topological polar surface area (TPSA) is 62.7 Å². The number of rotatable bonds is 5. The zero-order valence-corrected chi connectivity index (χ0v) is 16.3. The molecule has 7 heteroatoms. The number of methoxy groups -OCH3 is 1. The molecule has 27 heavy (non-hydrogen) atoms. The van der Waals surface area contributed by atoms with Crippen molar-refractivity contribution < 1.29 is 13.2 Å². The number of hydrogen-bond acceptors (Lipinski definition) is 5. The van der Waals surface area contributed by atoms with Gasteiger partial charge in [0.05, 0.1) is 17.0 Å². The zero-order chi connectivity index (χ0) is 18.9. The first-order valence-electron chi connectivity index (χ1n) is 9.35. The van der Waals surface area contributed by atoms with Crippen LogP contribution in [-0.4, -0.2) is 61.5 Å². The minimum Gasteiger partial charge on any atom is -0.378 e. The van der Waals surface area contributed by atoms with Gasteiger partial charge in [-0.2, -0.15) is 4.31 Å². The van der Waals surface area contributed by atoms with Gasteiger partial charge in [-0.3, -0.25) is 9.88 Å². The summed E-state index contributed by atoms with van der Waals surface area (Å²) >= 11 is 0. The maximum Gasteiger partial charge on any atom is 0.243 e. The van der Waals surface area contributed by atoms with Crippen LogP contribution in [-0.2, 0) is 14.8 Å². The molecule has 0 amide bonds. The van der Waals surface area contributed by atoms with Crippen molar-refractivity contribution >= 4 is 10.0 Å². The molecular formula is C20H25N3O3S. The van der Waals surface area contributed by atoms with Crippen molar-refractivity contribution in [3.8, 4) is 0 Å². The van der Waals surface area contributed by atoms with Crippen molar-refractivity contribution in [1.29, 1.82) is 0 Å². The summed E-state index contributed by atoms with van der Waals surface area (Å²) in [6, 6.07) is 13.4. The second-order valence-corrected chi connectivity index (χ2v) is 9.08. The second kappa shape index (κ2) is 7.67. The lowest BCUT2D eigenvalue weighted by molar-refractivity contribution is -0.114. The van der Waals surface area contributed by atoms with E-state index in [1.807, 2.05) is 30.6 Å². The van der Waals surface area contributed by atoms with Crippen molar-refractivity contribution in [2.45, 2.75) is 35.9 Å². The van der Waals surface area contributed by atoms with Gasteiger partial charge >= 0.3 is 0 Å². The number of pyridine rings is 1. The van der Waals surface area contributed by atoms with E-state index >= 15 is 0 Å². The Morgan fingerprint density at radius 2 is 1.70 bits per heavy atom. The smallest absolute Gasteiger partial charge is 0.243 e. The average molecular weight is 388 g/mol. The van der Waals surface area contributed by atoms with Crippen LogP contribution in [0.25, 0.3) is 0 Å². The molecule has 144 valence electrons. The molecule has 0 bridgehead atoms. The number of likely N-dealkylation sites (tertiary alicyclic amines) is 1. The lowest BCUT2D eigenvalue weighted by Gasteiger charge is -2.52. The second-order valence-electron chi connectivity index (χ2n) is 7.14. The summed E-state index contributed by atoms with van der Waals surface area (Å²) in [7, 11) is -1.64. The normalized spacial score (nSPS) is 25.2. The van der Waals surface area contributed by atoms with Gasteiger partial charge in [-0.05, 0) is 42.7 Å². The Labute approximate surface area is 160 Å². The van der Waals surface area contributed by atoms with Gasteiger partial charge in [0.2, 0.25) is 10.0 Å². The lowest BCUT2D eigenvalue weighted by Crippen LogP contribution is -2.60. The Hall–Kier alpha value is -1.80. The average Bonchev–Trinajstić information content (AvgIpc) is 2.69. The largest absolute Gasteiger partial charge is 0.378 e. The molecule has 2 atom stereocenters. The molecule has 2 saturated heterocycles. The SMILES string of the molecule is COC1CN(C2CCN(S(=O)(=O)c3ccccc3)CC2)C1c1ccncc1. The molecule has 2 aromatic rings. The first-order chi connectivity index (χ1) is 13.1. The van der Waals surface area contributed by atoms with E-state index in [1.165, 1.54) is 5.56 Å². The highest BCUT2D eigenvalue weighted by Gasteiger charge is 2.45. The van der Waals surface area contributed by atoms with Gasteiger partial charge in [0.1, 0.15) is 0 Å². The van der Waals surface area contributed by atoms with E-state index in [4.69, 9.17) is 4.74 Å². The Morgan fingerprint density at radius 3 is 2.33 bits per heavy atom. The standard InChI is InChI=1S/C20H25N3O3S/c1-26-19-15-23(20(19)16-7-11-21-12-8-16)17-9-13-22(14-10-17)27(24,25)18-5-3-2-4-6-18/h2-8,11-12,17,19-20H,9-10,13-15H2,1H3. The van der Waals surface area contributed by atoms with E-state index < -0.39 is 10.0 Å². The quantitative estimate of drug-likeness (QED) is 0.788. The van der Waals surface area contributed by atoms with Gasteiger partial charge in [-0.15, -0.1) is 0 Å². The van der Waals surface area contributed by atoms with Crippen LogP contribution in [0.1, 0.15) is 24.4 Å². The summed E-state index contributed by atoms with van der Waals surface area (Å²) < 4.78 is 32.9. The maximum atomic E-state index is 12.8. The predicted octanol–water partition coefficient (Wildman–Crippen LogP) is 2.31. The predicted molar refractivity (Wildman–Crippen MR) is 103 cm³/mol. The molecule has 0 spiro atoms. The van der Waals surface area contributed by atoms with Crippen molar-refractivity contribution in [2.75, 3.05) is 26.7 Å². The lowest BCUT2D eigenvalue weighted by atomic mass is 9.87. The molecule has 3 heterocycles. The van der Waals surface area contributed by atoms with Gasteiger partial charge in [0, 0.05) is 45.2 Å². The summed E-state index contributed by atoms with van der Waals surface area (Å²) in [5.74, 6) is 0. The van der Waals surface area contributed by atoms with E-state index in [-0.39, 0.29) is 12.1 Å². The Bertz CT molecular complexity index is 853. The number of sulfonamides is 1. The van der Waals surface area contributed by atoms with Crippen LogP contribution in [0.2, 0.25) is 0 Å². The highest BCUT2D eigenvalue weighted by atomic mass is 32.2. The summed E-state index contributed by atoms with van der Waals surface area (Å²) in [6.45, 7) is 2.00. The molecule has 6 nitrogen and oxygen atoms in total. The van der Waals surface area contributed by atoms with Gasteiger partial charge in [-0.1, -0.05) is 18.2 Å². The summed E-state index contributed by atoms with van der Waals surface area (Å²) in [5, 5.41) is 0. The van der Waals surface area contributed by atoms with Crippen LogP contribution < -0.4 is 0 Å². The van der Waals surface area contributed by atoms with Gasteiger partial charge in [-0.25, -0.2) is 8.42 Å². The molecule has 2 unspecified atom stereocenters. The van der Waals surface area contributed by atoms with Crippen LogP contribution in [0, 0.1) is 0 Å². The minimum absolute atomic E-state index is 0.179. The Kier molecular flexibility index (Phi) is 5.27. The van der Waals surface area contributed by atoms with E-state index in [0.29, 0.717) is 24.0 Å². The van der Waals surface area contributed by atoms with Crippen LogP contribution in [0.5, 0.6) is 0 Å². The molecule has 0 aliphatic carbocycles. The fourth-order valence-electron chi connectivity index (χ4n) is 4.20. The molecular weight excluding hydrogens is 362 g/mol. The van der Waals surface area contributed by atoms with E-state index in [1.54, 1.807) is 35.7 Å². The van der Waals surface area contributed by atoms with Gasteiger partial charge in [0.15, 0.2) is 0 Å². The maximum absolute atomic E-state index is 12.8. The summed E-state index contributed by atoms with van der Waals surface area (Å²) in [5.41, 5.74) is 1.21. The number of hydrogen-bond donors (Lipinski definition) is 0. The van der Waals surface area contributed by atoms with Crippen LogP contribution in [0.4, 0.5) is 0 Å². The number of aromatic nitrogens is 1. The fourth-order valence-corrected chi connectivity index (χ4v) is 5.69. The van der Waals surface area contributed by atoms with Crippen molar-refractivity contribution in [3.05, 3.63) is 60.4 Å². The van der Waals surface area contributed by atoms with Crippen LogP contribution in [0.3, 0.4) is 0 Å². The Balaban J connectivity index is 1.44. The van der Waals surface area contributed by atoms with Gasteiger partial charge in [0.25, 0.3) is 0 Å². The minimum atomic E-state index is -3.40. The highest BCUT2D eigenvalue weighted by Crippen LogP contribution is 2.39. The third kappa shape index (κ3) is 3.52. The monoisotopic (exact) mass is 387 g/mol. The summed E-state index contributed by atoms with van der Waals surface area (Å²) in [6.07, 6.45) is 5.48. The number of benzene rings is 1. The van der Waals surface area contributed by atoms with E-state index in [2.05, 4.69) is 9.88 Å². The van der Waals surface area contributed by atoms with E-state index in [0.717, 1.165) is 19.4 Å². The van der Waals surface area contributed by atoms with Crippen molar-refractivity contribution in [3.63, 3.8) is 0 Å². The molecule has 2 aliphatic heterocycles. The molecule has 4 rings (SSSR count). The zero-order valence-electron chi connectivity index (χ0n) is 15.4. The first-order valence-corrected chi connectivity index (χ1v) is 10.8. The van der Waals surface area contributed by atoms with E-state index in [9.17, 15) is 8.42 Å². The third-order valence-corrected chi connectivity index (χ3v) is 7.64. The van der Waals surface area contributed by atoms with Crippen molar-refractivity contribution in [1.82, 2.24) is 14.2 Å². The number of nitrogens with zero attached hydrogens (tertiary/aromatic N) is 3. The third-order valence-electron chi connectivity index (χ3n) is 5.72. The Morgan fingerprint density at radius 1 is 1.04 bits per heavy atom. The highest BCUT2D eigenvalue weighted by molar-refractivity contribution is 7.89. The van der Waals surface area contributed by atoms with Gasteiger partial charge < -0.3 is 4.74 Å². The molecule has 0 N–H and O–H groups in total. The first kappa shape index (κ1) is 18.6. The molecule has 1 aromatic heterocycles. The van der Waals surface area contributed by atoms with Crippen molar-refractivity contribution in [2.24, 2.45) is 0 Å². The molecule has 0 radical (unpaired) electrons. The fraction of sp³-hybridized carbons (Fsp3) is 0.450. The van der Waals surface area contributed by atoms with Crippen LogP contribution >= 0.6 is 0 Å². The molecule has 2 fully saturated rings. The summed E-state index contributed by atoms with van der Waals surface area (Å²) in [4.78, 5) is 6.94. The molecule has 2 aliphatic rings. The molecule has 1 aromatic carbocycles. The van der Waals surface area contributed by atoms with Crippen LogP contribution in [0.15, 0.2) is 59.8 Å². The number of piperidine rings is 1. The number of ether oxygens (including phenoxy) is 1. The molecule has 0 saturated carbocycles.